The smallest absolute Gasteiger partial charge is 0.164 e. The zero-order valence-corrected chi connectivity index (χ0v) is 35.3. The fourth-order valence-corrected chi connectivity index (χ4v) is 8.95. The van der Waals surface area contributed by atoms with Crippen molar-refractivity contribution in [3.8, 4) is 89.8 Å². The Morgan fingerprint density at radius 1 is 0.231 bits per heavy atom. The number of nitrogens with zero attached hydrogens (tertiary/aromatic N) is 3. The largest absolute Gasteiger partial charge is 0.456 e. The van der Waals surface area contributed by atoms with Gasteiger partial charge in [-0.25, -0.2) is 15.0 Å². The number of para-hydroxylation sites is 1. The highest BCUT2D eigenvalue weighted by molar-refractivity contribution is 6.06. The van der Waals surface area contributed by atoms with E-state index in [2.05, 4.69) is 206 Å². The van der Waals surface area contributed by atoms with Crippen molar-refractivity contribution in [1.82, 2.24) is 15.0 Å². The summed E-state index contributed by atoms with van der Waals surface area (Å²) in [6.07, 6.45) is 0. The topological polar surface area (TPSA) is 51.8 Å². The molecule has 0 N–H and O–H groups in total. The van der Waals surface area contributed by atoms with Crippen molar-refractivity contribution in [1.29, 1.82) is 0 Å². The van der Waals surface area contributed by atoms with Gasteiger partial charge < -0.3 is 4.42 Å². The molecule has 4 nitrogen and oxygen atoms in total. The molecule has 0 aliphatic carbocycles. The van der Waals surface area contributed by atoms with E-state index in [0.717, 1.165) is 83.1 Å². The second kappa shape index (κ2) is 16.2. The van der Waals surface area contributed by atoms with Crippen LogP contribution in [0, 0.1) is 0 Å². The average molecular weight is 830 g/mol. The molecule has 2 heterocycles. The van der Waals surface area contributed by atoms with E-state index in [1.807, 2.05) is 30.3 Å². The van der Waals surface area contributed by atoms with E-state index >= 15 is 0 Å². The minimum absolute atomic E-state index is 0.621. The quantitative estimate of drug-likeness (QED) is 0.153. The molecule has 0 radical (unpaired) electrons. The summed E-state index contributed by atoms with van der Waals surface area (Å²) in [5.41, 5.74) is 16.0. The van der Waals surface area contributed by atoms with Crippen molar-refractivity contribution in [2.24, 2.45) is 0 Å². The summed E-state index contributed by atoms with van der Waals surface area (Å²) < 4.78 is 6.17. The fraction of sp³-hybridized carbons (Fsp3) is 0. The molecule has 304 valence electrons. The number of rotatable bonds is 8. The molecule has 0 unspecified atom stereocenters. The zero-order chi connectivity index (χ0) is 43.1. The van der Waals surface area contributed by atoms with E-state index in [0.29, 0.717) is 17.5 Å². The summed E-state index contributed by atoms with van der Waals surface area (Å²) in [5.74, 6) is 1.88. The van der Waals surface area contributed by atoms with Gasteiger partial charge in [0.05, 0.1) is 0 Å². The first-order chi connectivity index (χ1) is 32.2. The summed E-state index contributed by atoms with van der Waals surface area (Å²) in [4.78, 5) is 15.4. The maximum absolute atomic E-state index is 6.17. The lowest BCUT2D eigenvalue weighted by Crippen LogP contribution is -2.01. The number of furan rings is 1. The molecule has 0 saturated heterocycles. The van der Waals surface area contributed by atoms with E-state index in [1.165, 1.54) is 21.9 Å². The van der Waals surface area contributed by atoms with Gasteiger partial charge in [-0.3, -0.25) is 0 Å². The predicted octanol–water partition coefficient (Wildman–Crippen LogP) is 16.3. The van der Waals surface area contributed by atoms with Gasteiger partial charge in [0.2, 0.25) is 0 Å². The first-order valence-corrected chi connectivity index (χ1v) is 21.9. The molecule has 0 amide bonds. The Labute approximate surface area is 376 Å². The Morgan fingerprint density at radius 3 is 1.34 bits per heavy atom. The summed E-state index contributed by atoms with van der Waals surface area (Å²) in [6, 6.07) is 83.1. The van der Waals surface area contributed by atoms with Crippen LogP contribution >= 0.6 is 0 Å². The third-order valence-corrected chi connectivity index (χ3v) is 12.4. The van der Waals surface area contributed by atoms with Crippen LogP contribution in [-0.4, -0.2) is 15.0 Å². The van der Waals surface area contributed by atoms with Gasteiger partial charge in [0.15, 0.2) is 17.5 Å². The molecule has 12 aromatic rings. The van der Waals surface area contributed by atoms with Gasteiger partial charge in [-0.1, -0.05) is 200 Å². The summed E-state index contributed by atoms with van der Waals surface area (Å²) in [5, 5.41) is 4.67. The molecular formula is C61H39N3O. The van der Waals surface area contributed by atoms with Crippen LogP contribution in [-0.2, 0) is 0 Å². The average Bonchev–Trinajstić information content (AvgIpc) is 3.77. The molecule has 65 heavy (non-hydrogen) atoms. The van der Waals surface area contributed by atoms with Crippen LogP contribution in [0.3, 0.4) is 0 Å². The molecule has 0 spiro atoms. The highest BCUT2D eigenvalue weighted by atomic mass is 16.3. The van der Waals surface area contributed by atoms with Crippen molar-refractivity contribution in [3.63, 3.8) is 0 Å². The third-order valence-electron chi connectivity index (χ3n) is 12.4. The highest BCUT2D eigenvalue weighted by Crippen LogP contribution is 2.36. The highest BCUT2D eigenvalue weighted by Gasteiger charge is 2.17. The van der Waals surface area contributed by atoms with E-state index in [4.69, 9.17) is 19.4 Å². The van der Waals surface area contributed by atoms with Crippen molar-refractivity contribution in [2.45, 2.75) is 0 Å². The van der Waals surface area contributed by atoms with Crippen molar-refractivity contribution in [2.75, 3.05) is 0 Å². The Bertz CT molecular complexity index is 3690. The summed E-state index contributed by atoms with van der Waals surface area (Å²) in [7, 11) is 0. The second-order valence-corrected chi connectivity index (χ2v) is 16.4. The number of aromatic nitrogens is 3. The van der Waals surface area contributed by atoms with E-state index < -0.39 is 0 Å². The van der Waals surface area contributed by atoms with Gasteiger partial charge >= 0.3 is 0 Å². The lowest BCUT2D eigenvalue weighted by Gasteiger charge is -2.13. The van der Waals surface area contributed by atoms with Crippen molar-refractivity contribution < 1.29 is 4.42 Å². The summed E-state index contributed by atoms with van der Waals surface area (Å²) >= 11 is 0. The van der Waals surface area contributed by atoms with Gasteiger partial charge in [-0.05, 0) is 103 Å². The molecule has 2 aromatic heterocycles. The van der Waals surface area contributed by atoms with Gasteiger partial charge in [0.1, 0.15) is 11.2 Å². The van der Waals surface area contributed by atoms with Crippen LogP contribution in [0.5, 0.6) is 0 Å². The molecule has 10 aromatic carbocycles. The minimum Gasteiger partial charge on any atom is -0.456 e. The Balaban J connectivity index is 0.843. The molecule has 0 atom stereocenters. The molecule has 0 fully saturated rings. The third kappa shape index (κ3) is 7.33. The molecule has 12 rings (SSSR count). The van der Waals surface area contributed by atoms with Crippen LogP contribution in [0.4, 0.5) is 0 Å². The molecule has 4 heteroatoms. The van der Waals surface area contributed by atoms with Crippen molar-refractivity contribution >= 4 is 32.7 Å². The second-order valence-electron chi connectivity index (χ2n) is 16.4. The van der Waals surface area contributed by atoms with Gasteiger partial charge in [-0.2, -0.15) is 0 Å². The van der Waals surface area contributed by atoms with E-state index in [-0.39, 0.29) is 0 Å². The first kappa shape index (κ1) is 38.0. The maximum atomic E-state index is 6.17. The first-order valence-electron chi connectivity index (χ1n) is 21.9. The maximum Gasteiger partial charge on any atom is 0.164 e. The van der Waals surface area contributed by atoms with Crippen molar-refractivity contribution in [3.05, 3.63) is 237 Å². The lowest BCUT2D eigenvalue weighted by molar-refractivity contribution is 0.669. The monoisotopic (exact) mass is 829 g/mol. The summed E-state index contributed by atoms with van der Waals surface area (Å²) in [6.45, 7) is 0. The van der Waals surface area contributed by atoms with Gasteiger partial charge in [0.25, 0.3) is 0 Å². The number of hydrogen-bond acceptors (Lipinski definition) is 4. The van der Waals surface area contributed by atoms with Crippen LogP contribution in [0.2, 0.25) is 0 Å². The number of benzene rings is 10. The standard InChI is InChI=1S/C61H39N3O/c1-3-12-40(13-4-1)46-16-11-17-52(38-46)60-62-59(63-61(64-60)56-20-8-7-18-53(56)44-14-5-2-6-15-44)45-28-26-42(27-29-45)48-31-33-49-36-47(30-32-50(49)37-48)41-22-24-43(25-23-41)51-34-35-55-54-19-9-10-21-57(54)65-58(55)39-51/h1-39H. The Hall–Kier alpha value is -8.73. The normalized spacial score (nSPS) is 11.4. The molecule has 0 aliphatic rings. The zero-order valence-electron chi connectivity index (χ0n) is 35.3. The Kier molecular flexibility index (Phi) is 9.46. The minimum atomic E-state index is 0.621. The number of hydrogen-bond donors (Lipinski definition) is 0. The SMILES string of the molecule is c1ccc(-c2cccc(-c3nc(-c4ccc(-c5ccc6cc(-c7ccc(-c8ccc9c(c8)oc8ccccc89)cc7)ccc6c5)cc4)nc(-c4ccccc4-c4ccccc4)n3)c2)cc1. The molecular weight excluding hydrogens is 791 g/mol. The fourth-order valence-electron chi connectivity index (χ4n) is 8.95. The van der Waals surface area contributed by atoms with Gasteiger partial charge in [-0.15, -0.1) is 0 Å². The Morgan fingerprint density at radius 2 is 0.662 bits per heavy atom. The molecule has 0 saturated carbocycles. The molecule has 0 bridgehead atoms. The van der Waals surface area contributed by atoms with Gasteiger partial charge in [0, 0.05) is 27.5 Å². The lowest BCUT2D eigenvalue weighted by atomic mass is 9.96. The number of fused-ring (bicyclic) bond motifs is 4. The van der Waals surface area contributed by atoms with E-state index in [9.17, 15) is 0 Å². The molecule has 0 aliphatic heterocycles. The van der Waals surface area contributed by atoms with Crippen LogP contribution in [0.15, 0.2) is 241 Å². The van der Waals surface area contributed by atoms with Crippen LogP contribution < -0.4 is 0 Å². The predicted molar refractivity (Wildman–Crippen MR) is 268 cm³/mol. The van der Waals surface area contributed by atoms with Crippen LogP contribution in [0.25, 0.3) is 123 Å². The van der Waals surface area contributed by atoms with E-state index in [1.54, 1.807) is 0 Å². The van der Waals surface area contributed by atoms with Crippen LogP contribution in [0.1, 0.15) is 0 Å².